The van der Waals surface area contributed by atoms with Crippen molar-refractivity contribution in [3.63, 3.8) is 0 Å². The zero-order valence-electron chi connectivity index (χ0n) is 16.5. The van der Waals surface area contributed by atoms with E-state index in [0.717, 1.165) is 19.0 Å². The predicted molar refractivity (Wildman–Crippen MR) is 110 cm³/mol. The van der Waals surface area contributed by atoms with Crippen molar-refractivity contribution in [1.29, 1.82) is 0 Å². The summed E-state index contributed by atoms with van der Waals surface area (Å²) in [5.74, 6) is 0.636. The van der Waals surface area contributed by atoms with E-state index in [9.17, 15) is 9.59 Å². The van der Waals surface area contributed by atoms with Crippen LogP contribution in [0.2, 0.25) is 0 Å². The molecule has 2 heterocycles. The maximum absolute atomic E-state index is 12.4. The van der Waals surface area contributed by atoms with Gasteiger partial charge >= 0.3 is 0 Å². The van der Waals surface area contributed by atoms with Gasteiger partial charge in [0.05, 0.1) is 6.04 Å². The van der Waals surface area contributed by atoms with Gasteiger partial charge in [-0.05, 0) is 49.5 Å². The number of pyridine rings is 1. The number of likely N-dealkylation sites (tertiary alicyclic amines) is 1. The van der Waals surface area contributed by atoms with Crippen molar-refractivity contribution in [2.45, 2.75) is 38.6 Å². The molecule has 1 saturated heterocycles. The van der Waals surface area contributed by atoms with E-state index in [2.05, 4.69) is 34.3 Å². The number of nitrogens with zero attached hydrogens (tertiary/aromatic N) is 2. The lowest BCUT2D eigenvalue weighted by molar-refractivity contribution is -0.121. The smallest absolute Gasteiger partial charge is 0.220 e. The van der Waals surface area contributed by atoms with E-state index in [1.807, 2.05) is 18.2 Å². The van der Waals surface area contributed by atoms with Crippen LogP contribution in [-0.4, -0.2) is 41.2 Å². The van der Waals surface area contributed by atoms with Crippen LogP contribution in [0.25, 0.3) is 0 Å². The van der Waals surface area contributed by atoms with E-state index in [-0.39, 0.29) is 30.6 Å². The SMILES string of the molecule is CC1CCN(C(CNC(=O)CCC(=O)c2cccnc2)c2ccccc2)CC1. The topological polar surface area (TPSA) is 62.3 Å². The third-order valence-electron chi connectivity index (χ3n) is 5.50. The Bertz CT molecular complexity index is 756. The fourth-order valence-corrected chi connectivity index (χ4v) is 3.67. The fraction of sp³-hybridized carbons (Fsp3) is 0.435. The van der Waals surface area contributed by atoms with Crippen LogP contribution in [0, 0.1) is 5.92 Å². The van der Waals surface area contributed by atoms with Crippen LogP contribution >= 0.6 is 0 Å². The Balaban J connectivity index is 1.54. The van der Waals surface area contributed by atoms with Gasteiger partial charge in [0.1, 0.15) is 0 Å². The van der Waals surface area contributed by atoms with Crippen molar-refractivity contribution in [3.8, 4) is 0 Å². The van der Waals surface area contributed by atoms with Gasteiger partial charge in [0, 0.05) is 37.3 Å². The van der Waals surface area contributed by atoms with Crippen molar-refractivity contribution in [2.75, 3.05) is 19.6 Å². The van der Waals surface area contributed by atoms with Crippen molar-refractivity contribution in [3.05, 3.63) is 66.0 Å². The molecule has 1 N–H and O–H groups in total. The number of aromatic nitrogens is 1. The quantitative estimate of drug-likeness (QED) is 0.712. The lowest BCUT2D eigenvalue weighted by Crippen LogP contribution is -2.42. The molecule has 5 heteroatoms. The highest BCUT2D eigenvalue weighted by molar-refractivity contribution is 5.97. The second kappa shape index (κ2) is 10.1. The van der Waals surface area contributed by atoms with Gasteiger partial charge in [-0.2, -0.15) is 0 Å². The number of carbonyl (C=O) groups is 2. The van der Waals surface area contributed by atoms with Gasteiger partial charge in [-0.25, -0.2) is 0 Å². The molecule has 0 aliphatic carbocycles. The van der Waals surface area contributed by atoms with Crippen LogP contribution in [0.4, 0.5) is 0 Å². The first-order valence-electron chi connectivity index (χ1n) is 10.1. The first kappa shape index (κ1) is 20.2. The Morgan fingerprint density at radius 3 is 2.54 bits per heavy atom. The van der Waals surface area contributed by atoms with Crippen LogP contribution in [0.3, 0.4) is 0 Å². The molecule has 1 atom stereocenters. The van der Waals surface area contributed by atoms with Gasteiger partial charge in [-0.3, -0.25) is 19.5 Å². The average Bonchev–Trinajstić information content (AvgIpc) is 2.75. The van der Waals surface area contributed by atoms with Crippen LogP contribution in [0.15, 0.2) is 54.9 Å². The van der Waals surface area contributed by atoms with Gasteiger partial charge in [0.15, 0.2) is 5.78 Å². The standard InChI is InChI=1S/C23H29N3O2/c1-18-11-14-26(15-12-18)21(19-6-3-2-4-7-19)17-25-23(28)10-9-22(27)20-8-5-13-24-16-20/h2-8,13,16,18,21H,9-12,14-15,17H2,1H3,(H,25,28). The summed E-state index contributed by atoms with van der Waals surface area (Å²) < 4.78 is 0. The van der Waals surface area contributed by atoms with Crippen LogP contribution < -0.4 is 5.32 Å². The molecule has 1 aliphatic rings. The molecule has 0 spiro atoms. The Labute approximate surface area is 167 Å². The maximum atomic E-state index is 12.4. The lowest BCUT2D eigenvalue weighted by Gasteiger charge is -2.37. The van der Waals surface area contributed by atoms with Crippen molar-refractivity contribution >= 4 is 11.7 Å². The number of hydrogen-bond donors (Lipinski definition) is 1. The highest BCUT2D eigenvalue weighted by Crippen LogP contribution is 2.26. The predicted octanol–water partition coefficient (Wildman–Crippen LogP) is 3.63. The monoisotopic (exact) mass is 379 g/mol. The maximum Gasteiger partial charge on any atom is 0.220 e. The second-order valence-corrected chi connectivity index (χ2v) is 7.61. The number of piperidine rings is 1. The molecule has 0 saturated carbocycles. The molecule has 1 unspecified atom stereocenters. The lowest BCUT2D eigenvalue weighted by atomic mass is 9.95. The zero-order valence-corrected chi connectivity index (χ0v) is 16.5. The van der Waals surface area contributed by atoms with Crippen LogP contribution in [-0.2, 0) is 4.79 Å². The summed E-state index contributed by atoms with van der Waals surface area (Å²) in [6.07, 6.45) is 5.96. The Kier molecular flexibility index (Phi) is 7.31. The van der Waals surface area contributed by atoms with Crippen LogP contribution in [0.1, 0.15) is 54.6 Å². The number of nitrogens with one attached hydrogen (secondary N) is 1. The van der Waals surface area contributed by atoms with Gasteiger partial charge < -0.3 is 5.32 Å². The normalized spacial score (nSPS) is 16.5. The number of carbonyl (C=O) groups excluding carboxylic acids is 2. The molecule has 1 fully saturated rings. The first-order chi connectivity index (χ1) is 13.6. The van der Waals surface area contributed by atoms with Gasteiger partial charge in [-0.1, -0.05) is 37.3 Å². The summed E-state index contributed by atoms with van der Waals surface area (Å²) in [7, 11) is 0. The van der Waals surface area contributed by atoms with E-state index in [0.29, 0.717) is 12.1 Å². The molecular weight excluding hydrogens is 350 g/mol. The van der Waals surface area contributed by atoms with Crippen molar-refractivity contribution in [2.24, 2.45) is 5.92 Å². The number of benzene rings is 1. The Morgan fingerprint density at radius 2 is 1.86 bits per heavy atom. The summed E-state index contributed by atoms with van der Waals surface area (Å²) in [5.41, 5.74) is 1.78. The number of hydrogen-bond acceptors (Lipinski definition) is 4. The van der Waals surface area contributed by atoms with E-state index in [4.69, 9.17) is 0 Å². The molecule has 2 aromatic rings. The molecule has 0 radical (unpaired) electrons. The van der Waals surface area contributed by atoms with Crippen molar-refractivity contribution in [1.82, 2.24) is 15.2 Å². The molecular formula is C23H29N3O2. The average molecular weight is 380 g/mol. The zero-order chi connectivity index (χ0) is 19.8. The first-order valence-corrected chi connectivity index (χ1v) is 10.1. The van der Waals surface area contributed by atoms with E-state index >= 15 is 0 Å². The minimum absolute atomic E-state index is 0.0483. The fourth-order valence-electron chi connectivity index (χ4n) is 3.67. The number of amides is 1. The molecule has 28 heavy (non-hydrogen) atoms. The summed E-state index contributed by atoms with van der Waals surface area (Å²) in [6.45, 7) is 4.97. The Hall–Kier alpha value is -2.53. The summed E-state index contributed by atoms with van der Waals surface area (Å²) in [6, 6.07) is 14.0. The molecule has 5 nitrogen and oxygen atoms in total. The van der Waals surface area contributed by atoms with E-state index in [1.165, 1.54) is 18.4 Å². The second-order valence-electron chi connectivity index (χ2n) is 7.61. The van der Waals surface area contributed by atoms with Gasteiger partial charge in [0.2, 0.25) is 5.91 Å². The summed E-state index contributed by atoms with van der Waals surface area (Å²) >= 11 is 0. The number of Topliss-reactive ketones (excluding diaryl/α,β-unsaturated/α-hetero) is 1. The number of rotatable bonds is 8. The summed E-state index contributed by atoms with van der Waals surface area (Å²) in [5, 5.41) is 3.05. The molecule has 1 aromatic heterocycles. The van der Waals surface area contributed by atoms with E-state index < -0.39 is 0 Å². The minimum atomic E-state index is -0.0800. The van der Waals surface area contributed by atoms with Crippen molar-refractivity contribution < 1.29 is 9.59 Å². The van der Waals surface area contributed by atoms with Gasteiger partial charge in [0.25, 0.3) is 0 Å². The largest absolute Gasteiger partial charge is 0.354 e. The van der Waals surface area contributed by atoms with Crippen LogP contribution in [0.5, 0.6) is 0 Å². The molecule has 1 amide bonds. The van der Waals surface area contributed by atoms with E-state index in [1.54, 1.807) is 24.5 Å². The van der Waals surface area contributed by atoms with Gasteiger partial charge in [-0.15, -0.1) is 0 Å². The highest BCUT2D eigenvalue weighted by Gasteiger charge is 2.25. The summed E-state index contributed by atoms with van der Waals surface area (Å²) in [4.78, 5) is 30.9. The third-order valence-corrected chi connectivity index (χ3v) is 5.50. The molecule has 1 aromatic carbocycles. The third kappa shape index (κ3) is 5.73. The number of ketones is 1. The molecule has 3 rings (SSSR count). The molecule has 148 valence electrons. The minimum Gasteiger partial charge on any atom is -0.354 e. The molecule has 0 bridgehead atoms. The molecule has 1 aliphatic heterocycles. The highest BCUT2D eigenvalue weighted by atomic mass is 16.2. The Morgan fingerprint density at radius 1 is 1.11 bits per heavy atom.